The first-order valence-corrected chi connectivity index (χ1v) is 14.1. The molecule has 2 amide bonds. The molecule has 6 nitrogen and oxygen atoms in total. The zero-order valence-electron chi connectivity index (χ0n) is 21.2. The third-order valence-corrected chi connectivity index (χ3v) is 9.82. The molecule has 2 aromatic carbocycles. The smallest absolute Gasteiger partial charge is 0.317 e. The van der Waals surface area contributed by atoms with Crippen LogP contribution in [0.1, 0.15) is 26.2 Å². The Morgan fingerprint density at radius 2 is 1.76 bits per heavy atom. The van der Waals surface area contributed by atoms with Crippen LogP contribution < -0.4 is 15.5 Å². The summed E-state index contributed by atoms with van der Waals surface area (Å²) in [6, 6.07) is 16.8. The number of carbonyl (C=O) groups is 1. The lowest BCUT2D eigenvalue weighted by Gasteiger charge is -2.65. The van der Waals surface area contributed by atoms with Crippen LogP contribution in [0.4, 0.5) is 21.9 Å². The van der Waals surface area contributed by atoms with Crippen LogP contribution in [-0.4, -0.2) is 48.1 Å². The van der Waals surface area contributed by atoms with E-state index in [2.05, 4.69) is 51.7 Å². The molecule has 2 N–H and O–H groups in total. The van der Waals surface area contributed by atoms with Gasteiger partial charge in [0.05, 0.1) is 5.52 Å². The van der Waals surface area contributed by atoms with E-state index < -0.39 is 0 Å². The second-order valence-corrected chi connectivity index (χ2v) is 12.0. The Balaban J connectivity index is 0.949. The quantitative estimate of drug-likeness (QED) is 0.438. The van der Waals surface area contributed by atoms with Crippen molar-refractivity contribution in [1.82, 2.24) is 15.2 Å². The third-order valence-electron chi connectivity index (χ3n) is 9.59. The van der Waals surface area contributed by atoms with Crippen LogP contribution in [0, 0.1) is 29.6 Å². The summed E-state index contributed by atoms with van der Waals surface area (Å²) in [7, 11) is 0. The predicted molar refractivity (Wildman–Crippen MR) is 150 cm³/mol. The van der Waals surface area contributed by atoms with Gasteiger partial charge in [-0.05, 0) is 97.4 Å². The summed E-state index contributed by atoms with van der Waals surface area (Å²) in [5.74, 6) is 4.16. The minimum absolute atomic E-state index is 0.142. The Kier molecular flexibility index (Phi) is 5.69. The Morgan fingerprint density at radius 1 is 0.973 bits per heavy atom. The number of piperazine rings is 1. The van der Waals surface area contributed by atoms with Crippen molar-refractivity contribution < 1.29 is 4.79 Å². The molecule has 2 heterocycles. The van der Waals surface area contributed by atoms with Crippen molar-refractivity contribution in [3.8, 4) is 0 Å². The Bertz CT molecular complexity index is 1320. The van der Waals surface area contributed by atoms with E-state index in [-0.39, 0.29) is 6.03 Å². The van der Waals surface area contributed by atoms with Crippen molar-refractivity contribution in [3.63, 3.8) is 0 Å². The molecule has 192 valence electrons. The van der Waals surface area contributed by atoms with E-state index in [1.807, 2.05) is 29.2 Å². The highest BCUT2D eigenvalue weighted by Gasteiger charge is 2.60. The number of rotatable bonds is 4. The van der Waals surface area contributed by atoms with Gasteiger partial charge in [-0.1, -0.05) is 18.5 Å². The van der Waals surface area contributed by atoms with Gasteiger partial charge in [0.1, 0.15) is 0 Å². The van der Waals surface area contributed by atoms with Crippen molar-refractivity contribution >= 4 is 45.6 Å². The number of halogens is 1. The molecule has 4 fully saturated rings. The molecule has 1 aromatic heterocycles. The maximum Gasteiger partial charge on any atom is 0.317 e. The van der Waals surface area contributed by atoms with E-state index in [4.69, 9.17) is 11.6 Å². The minimum atomic E-state index is 0.142. The zero-order valence-corrected chi connectivity index (χ0v) is 22.0. The molecular formula is C30H34ClN5O. The first kappa shape index (κ1) is 23.2. The van der Waals surface area contributed by atoms with E-state index in [0.29, 0.717) is 17.0 Å². The van der Waals surface area contributed by atoms with Crippen LogP contribution in [-0.2, 0) is 0 Å². The van der Waals surface area contributed by atoms with Crippen LogP contribution in [0.25, 0.3) is 10.9 Å². The van der Waals surface area contributed by atoms with Crippen LogP contribution in [0.3, 0.4) is 0 Å². The molecule has 1 saturated heterocycles. The summed E-state index contributed by atoms with van der Waals surface area (Å²) in [5, 5.41) is 8.70. The topological polar surface area (TPSA) is 60.5 Å². The van der Waals surface area contributed by atoms with Crippen molar-refractivity contribution in [2.24, 2.45) is 29.6 Å². The lowest BCUT2D eigenvalue weighted by Crippen LogP contribution is -2.66. The van der Waals surface area contributed by atoms with Crippen molar-refractivity contribution in [2.45, 2.75) is 32.2 Å². The summed E-state index contributed by atoms with van der Waals surface area (Å²) in [5.41, 5.74) is 4.09. The van der Waals surface area contributed by atoms with Crippen molar-refractivity contribution in [2.75, 3.05) is 36.4 Å². The van der Waals surface area contributed by atoms with Crippen molar-refractivity contribution in [1.29, 1.82) is 0 Å². The first-order chi connectivity index (χ1) is 18.0. The van der Waals surface area contributed by atoms with Gasteiger partial charge in [0.25, 0.3) is 0 Å². The number of nitrogens with zero attached hydrogens (tertiary/aromatic N) is 3. The van der Waals surface area contributed by atoms with E-state index >= 15 is 0 Å². The van der Waals surface area contributed by atoms with Crippen LogP contribution in [0.15, 0.2) is 54.7 Å². The number of aromatic nitrogens is 1. The van der Waals surface area contributed by atoms with Gasteiger partial charge in [0.2, 0.25) is 0 Å². The number of fused-ring (bicyclic) bond motifs is 1. The highest BCUT2D eigenvalue weighted by Crippen LogP contribution is 2.64. The molecule has 0 bridgehead atoms. The minimum Gasteiger partial charge on any atom is -0.368 e. The lowest BCUT2D eigenvalue weighted by molar-refractivity contribution is -0.149. The maximum atomic E-state index is 13.1. The summed E-state index contributed by atoms with van der Waals surface area (Å²) in [4.78, 5) is 21.9. The summed E-state index contributed by atoms with van der Waals surface area (Å²) in [6.45, 7) is 5.57. The predicted octanol–water partition coefficient (Wildman–Crippen LogP) is 6.14. The number of pyridine rings is 1. The van der Waals surface area contributed by atoms with Gasteiger partial charge in [-0.15, -0.1) is 0 Å². The molecule has 6 atom stereocenters. The van der Waals surface area contributed by atoms with Crippen molar-refractivity contribution in [3.05, 3.63) is 59.8 Å². The van der Waals surface area contributed by atoms with E-state index in [1.165, 1.54) is 24.9 Å². The highest BCUT2D eigenvalue weighted by molar-refractivity contribution is 6.31. The van der Waals surface area contributed by atoms with Crippen LogP contribution in [0.5, 0.6) is 0 Å². The fourth-order valence-electron chi connectivity index (χ4n) is 7.63. The summed E-state index contributed by atoms with van der Waals surface area (Å²) in [6.07, 6.45) is 5.88. The molecule has 7 rings (SSSR count). The first-order valence-electron chi connectivity index (χ1n) is 13.8. The molecule has 1 aliphatic heterocycles. The Labute approximate surface area is 223 Å². The van der Waals surface area contributed by atoms with Gasteiger partial charge in [-0.3, -0.25) is 4.98 Å². The summed E-state index contributed by atoms with van der Waals surface area (Å²) >= 11 is 6.13. The van der Waals surface area contributed by atoms with Gasteiger partial charge >= 0.3 is 6.03 Å². The monoisotopic (exact) mass is 515 g/mol. The standard InChI is InChI=1S/C30H34ClN5O/c1-18-14-19-15-20-16-25(28(19)20)29(18)34-30(37)36-12-10-35(11-13-36)23-5-3-22(4-6-23)33-26-8-9-32-27-17-21(31)2-7-24(26)27/h2-9,17-20,25,28-29H,10-16H2,1H3,(H,32,33)(H,34,37)/t18-,19+,20?,25-,28?,29?/m1/s1. The molecule has 3 aliphatic carbocycles. The lowest BCUT2D eigenvalue weighted by atomic mass is 9.41. The molecule has 7 heteroatoms. The number of hydrogen-bond donors (Lipinski definition) is 2. The second-order valence-electron chi connectivity index (χ2n) is 11.6. The molecule has 37 heavy (non-hydrogen) atoms. The van der Waals surface area contributed by atoms with E-state index in [9.17, 15) is 4.79 Å². The maximum absolute atomic E-state index is 13.1. The van der Waals surface area contributed by atoms with E-state index in [0.717, 1.165) is 72.1 Å². The average molecular weight is 516 g/mol. The Hall–Kier alpha value is -2.99. The Morgan fingerprint density at radius 3 is 2.54 bits per heavy atom. The highest BCUT2D eigenvalue weighted by atomic mass is 35.5. The fourth-order valence-corrected chi connectivity index (χ4v) is 7.80. The van der Waals surface area contributed by atoms with Crippen LogP contribution in [0.2, 0.25) is 5.02 Å². The normalized spacial score (nSPS) is 30.2. The van der Waals surface area contributed by atoms with Gasteiger partial charge in [0.15, 0.2) is 0 Å². The van der Waals surface area contributed by atoms with E-state index in [1.54, 1.807) is 6.20 Å². The fraction of sp³-hybridized carbons (Fsp3) is 0.467. The molecule has 3 aromatic rings. The van der Waals surface area contributed by atoms with Gasteiger partial charge in [-0.25, -0.2) is 4.79 Å². The molecular weight excluding hydrogens is 482 g/mol. The molecule has 0 radical (unpaired) electrons. The zero-order chi connectivity index (χ0) is 25.1. The number of benzene rings is 2. The third kappa shape index (κ3) is 4.10. The van der Waals surface area contributed by atoms with Gasteiger partial charge in [-0.2, -0.15) is 0 Å². The van der Waals surface area contributed by atoms with Crippen LogP contribution >= 0.6 is 11.6 Å². The summed E-state index contributed by atoms with van der Waals surface area (Å²) < 4.78 is 0. The number of urea groups is 1. The SMILES string of the molecule is C[C@@H]1C[C@H]2CC3C[C@H](C32)C1NC(=O)N1CCN(c2ccc(Nc3ccnc4cc(Cl)ccc34)cc2)CC1. The molecule has 0 spiro atoms. The number of nitrogens with one attached hydrogen (secondary N) is 2. The molecule has 3 saturated carbocycles. The average Bonchev–Trinajstić information content (AvgIpc) is 2.89. The number of hydrogen-bond acceptors (Lipinski definition) is 4. The molecule has 3 unspecified atom stereocenters. The largest absolute Gasteiger partial charge is 0.368 e. The molecule has 4 aliphatic rings. The van der Waals surface area contributed by atoms with Gasteiger partial charge in [0, 0.05) is 65.9 Å². The number of amides is 2. The van der Waals surface area contributed by atoms with Gasteiger partial charge < -0.3 is 20.4 Å². The number of carbonyl (C=O) groups excluding carboxylic acids is 1. The number of anilines is 3. The second kappa shape index (κ2) is 9.09.